The van der Waals surface area contributed by atoms with Crippen LogP contribution in [0.4, 0.5) is 0 Å². The Balaban J connectivity index is 1.75. The van der Waals surface area contributed by atoms with Crippen molar-refractivity contribution < 1.29 is 14.2 Å². The molecule has 0 saturated heterocycles. The van der Waals surface area contributed by atoms with Crippen molar-refractivity contribution in [3.05, 3.63) is 64.1 Å². The van der Waals surface area contributed by atoms with E-state index in [1.54, 1.807) is 19.5 Å². The summed E-state index contributed by atoms with van der Waals surface area (Å²) in [6, 6.07) is 3.88. The van der Waals surface area contributed by atoms with Crippen LogP contribution in [0.5, 0.6) is 17.2 Å². The summed E-state index contributed by atoms with van der Waals surface area (Å²) in [6.45, 7) is 4.00. The smallest absolute Gasteiger partial charge is 0.205 e. The number of ether oxygens (including phenoxy) is 3. The first-order valence-electron chi connectivity index (χ1n) is 9.30. The van der Waals surface area contributed by atoms with Crippen molar-refractivity contribution in [3.63, 3.8) is 0 Å². The number of fused-ring (bicyclic) bond motifs is 1. The minimum Gasteiger partial charge on any atom is -0.493 e. The zero-order chi connectivity index (χ0) is 19.7. The van der Waals surface area contributed by atoms with Crippen LogP contribution < -0.4 is 14.2 Å². The van der Waals surface area contributed by atoms with E-state index >= 15 is 0 Å². The van der Waals surface area contributed by atoms with Gasteiger partial charge in [-0.25, -0.2) is 0 Å². The molecule has 0 bridgehead atoms. The number of hydrogen-bond donors (Lipinski definition) is 0. The SMILES string of the molecule is C=C1C=C(Cc2c(Cl)cncc2Cl)c2ccc(OC)c(OC3CCCC3)c2O1. The van der Waals surface area contributed by atoms with Crippen molar-refractivity contribution in [3.8, 4) is 17.2 Å². The Labute approximate surface area is 174 Å². The molecule has 6 heteroatoms. The van der Waals surface area contributed by atoms with Gasteiger partial charge in [0.05, 0.1) is 23.3 Å². The minimum absolute atomic E-state index is 0.177. The molecule has 2 aliphatic rings. The van der Waals surface area contributed by atoms with Gasteiger partial charge < -0.3 is 14.2 Å². The molecule has 28 heavy (non-hydrogen) atoms. The molecule has 1 saturated carbocycles. The van der Waals surface area contributed by atoms with Gasteiger partial charge >= 0.3 is 0 Å². The van der Waals surface area contributed by atoms with Gasteiger partial charge in [-0.3, -0.25) is 4.98 Å². The van der Waals surface area contributed by atoms with Crippen molar-refractivity contribution >= 4 is 28.8 Å². The van der Waals surface area contributed by atoms with Crippen LogP contribution in [0.15, 0.2) is 42.9 Å². The standard InChI is InChI=1S/C22H21Cl2NO3/c1-13-9-14(10-17-18(23)11-25-12-19(17)24)16-7-8-20(26-2)22(21(16)27-13)28-15-5-3-4-6-15/h7-9,11-12,15H,1,3-6,10H2,2H3. The Morgan fingerprint density at radius 2 is 1.89 bits per heavy atom. The van der Waals surface area contributed by atoms with Gasteiger partial charge in [0.15, 0.2) is 11.5 Å². The van der Waals surface area contributed by atoms with Crippen LogP contribution in [0.3, 0.4) is 0 Å². The third-order valence-corrected chi connectivity index (χ3v) is 5.77. The van der Waals surface area contributed by atoms with Crippen LogP contribution in [-0.4, -0.2) is 18.2 Å². The summed E-state index contributed by atoms with van der Waals surface area (Å²) in [5.74, 6) is 2.45. The predicted octanol–water partition coefficient (Wildman–Crippen LogP) is 6.25. The van der Waals surface area contributed by atoms with Gasteiger partial charge in [0.25, 0.3) is 0 Å². The van der Waals surface area contributed by atoms with Crippen LogP contribution in [0.2, 0.25) is 10.0 Å². The zero-order valence-electron chi connectivity index (χ0n) is 15.6. The van der Waals surface area contributed by atoms with Crippen molar-refractivity contribution in [2.45, 2.75) is 38.2 Å². The van der Waals surface area contributed by atoms with Gasteiger partial charge in [0.2, 0.25) is 5.75 Å². The average molecular weight is 418 g/mol. The highest BCUT2D eigenvalue weighted by Crippen LogP contribution is 2.48. The van der Waals surface area contributed by atoms with Gasteiger partial charge in [0.1, 0.15) is 5.76 Å². The van der Waals surface area contributed by atoms with Gasteiger partial charge in [-0.1, -0.05) is 29.8 Å². The maximum atomic E-state index is 6.33. The second-order valence-corrected chi connectivity index (χ2v) is 7.81. The molecule has 0 amide bonds. The van der Waals surface area contributed by atoms with Crippen LogP contribution in [0.1, 0.15) is 36.8 Å². The molecule has 1 aromatic heterocycles. The second-order valence-electron chi connectivity index (χ2n) is 6.99. The van der Waals surface area contributed by atoms with Crippen molar-refractivity contribution in [1.82, 2.24) is 4.98 Å². The van der Waals surface area contributed by atoms with Gasteiger partial charge in [-0.05, 0) is 55.0 Å². The molecule has 1 fully saturated rings. The molecule has 0 unspecified atom stereocenters. The lowest BCUT2D eigenvalue weighted by Crippen LogP contribution is -2.14. The molecular formula is C22H21Cl2NO3. The number of nitrogens with zero attached hydrogens (tertiary/aromatic N) is 1. The molecule has 1 aromatic carbocycles. The van der Waals surface area contributed by atoms with Crippen molar-refractivity contribution in [2.75, 3.05) is 7.11 Å². The Bertz CT molecular complexity index is 929. The van der Waals surface area contributed by atoms with Gasteiger partial charge in [-0.2, -0.15) is 0 Å². The third-order valence-electron chi connectivity index (χ3n) is 5.12. The summed E-state index contributed by atoms with van der Waals surface area (Å²) >= 11 is 12.7. The van der Waals surface area contributed by atoms with E-state index in [4.69, 9.17) is 37.4 Å². The van der Waals surface area contributed by atoms with E-state index in [2.05, 4.69) is 11.6 Å². The normalized spacial score (nSPS) is 16.4. The Hall–Kier alpha value is -2.17. The summed E-state index contributed by atoms with van der Waals surface area (Å²) in [4.78, 5) is 4.03. The van der Waals surface area contributed by atoms with E-state index in [-0.39, 0.29) is 6.10 Å². The number of methoxy groups -OCH3 is 1. The highest BCUT2D eigenvalue weighted by molar-refractivity contribution is 6.35. The summed E-state index contributed by atoms with van der Waals surface area (Å²) in [7, 11) is 1.63. The maximum Gasteiger partial charge on any atom is 0.205 e. The largest absolute Gasteiger partial charge is 0.493 e. The molecular weight excluding hydrogens is 397 g/mol. The van der Waals surface area contributed by atoms with Gasteiger partial charge in [0, 0.05) is 24.4 Å². The molecule has 4 nitrogen and oxygen atoms in total. The first kappa shape index (κ1) is 19.2. The summed E-state index contributed by atoms with van der Waals surface area (Å²) in [5.41, 5.74) is 2.74. The fraction of sp³-hybridized carbons (Fsp3) is 0.318. The quantitative estimate of drug-likeness (QED) is 0.576. The van der Waals surface area contributed by atoms with Crippen molar-refractivity contribution in [1.29, 1.82) is 0 Å². The highest BCUT2D eigenvalue weighted by Gasteiger charge is 2.27. The lowest BCUT2D eigenvalue weighted by atomic mass is 9.95. The Morgan fingerprint density at radius 3 is 2.57 bits per heavy atom. The first-order chi connectivity index (χ1) is 13.6. The molecule has 0 spiro atoms. The lowest BCUT2D eigenvalue weighted by Gasteiger charge is -2.25. The van der Waals surface area contributed by atoms with E-state index in [0.29, 0.717) is 39.5 Å². The first-order valence-corrected chi connectivity index (χ1v) is 10.1. The number of halogens is 2. The molecule has 0 N–H and O–H groups in total. The van der Waals surface area contributed by atoms with E-state index in [9.17, 15) is 0 Å². The van der Waals surface area contributed by atoms with Crippen LogP contribution in [0.25, 0.3) is 5.57 Å². The van der Waals surface area contributed by atoms with Crippen molar-refractivity contribution in [2.24, 2.45) is 0 Å². The summed E-state index contributed by atoms with van der Waals surface area (Å²) in [5, 5.41) is 1.06. The number of hydrogen-bond acceptors (Lipinski definition) is 4. The number of pyridine rings is 1. The number of aromatic nitrogens is 1. The van der Waals surface area contributed by atoms with Crippen LogP contribution in [0, 0.1) is 0 Å². The molecule has 4 rings (SSSR count). The molecule has 0 radical (unpaired) electrons. The molecule has 146 valence electrons. The number of rotatable bonds is 5. The molecule has 1 aliphatic carbocycles. The van der Waals surface area contributed by atoms with Gasteiger partial charge in [-0.15, -0.1) is 0 Å². The fourth-order valence-electron chi connectivity index (χ4n) is 3.72. The maximum absolute atomic E-state index is 6.33. The molecule has 2 aromatic rings. The highest BCUT2D eigenvalue weighted by atomic mass is 35.5. The van der Waals surface area contributed by atoms with E-state index in [0.717, 1.165) is 29.5 Å². The Kier molecular flexibility index (Phi) is 5.51. The van der Waals surface area contributed by atoms with E-state index < -0.39 is 0 Å². The monoisotopic (exact) mass is 417 g/mol. The third kappa shape index (κ3) is 3.71. The summed E-state index contributed by atoms with van der Waals surface area (Å²) < 4.78 is 17.8. The van der Waals surface area contributed by atoms with Crippen LogP contribution in [-0.2, 0) is 6.42 Å². The zero-order valence-corrected chi connectivity index (χ0v) is 17.1. The number of allylic oxidation sites excluding steroid dienone is 2. The predicted molar refractivity (Wildman–Crippen MR) is 112 cm³/mol. The van der Waals surface area contributed by atoms with E-state index in [1.807, 2.05) is 18.2 Å². The molecule has 1 aliphatic heterocycles. The summed E-state index contributed by atoms with van der Waals surface area (Å²) in [6.07, 6.45) is 10.3. The van der Waals surface area contributed by atoms with Crippen LogP contribution >= 0.6 is 23.2 Å². The van der Waals surface area contributed by atoms with E-state index in [1.165, 1.54) is 12.8 Å². The lowest BCUT2D eigenvalue weighted by molar-refractivity contribution is 0.192. The molecule has 0 atom stereocenters. The topological polar surface area (TPSA) is 40.6 Å². The fourth-order valence-corrected chi connectivity index (χ4v) is 4.22. The average Bonchev–Trinajstić information content (AvgIpc) is 3.18. The second kappa shape index (κ2) is 8.06. The minimum atomic E-state index is 0.177. The number of benzene rings is 1. The Morgan fingerprint density at radius 1 is 1.18 bits per heavy atom. The molecule has 2 heterocycles.